The summed E-state index contributed by atoms with van der Waals surface area (Å²) >= 11 is 0. The summed E-state index contributed by atoms with van der Waals surface area (Å²) in [6.45, 7) is 2.52. The number of hydrogen-bond donors (Lipinski definition) is 1. The van der Waals surface area contributed by atoms with Crippen LogP contribution in [0.5, 0.6) is 0 Å². The van der Waals surface area contributed by atoms with Gasteiger partial charge in [0.1, 0.15) is 0 Å². The summed E-state index contributed by atoms with van der Waals surface area (Å²) in [7, 11) is -3.02. The lowest BCUT2D eigenvalue weighted by Gasteiger charge is -2.25. The van der Waals surface area contributed by atoms with Crippen molar-refractivity contribution in [1.29, 1.82) is 0 Å². The van der Waals surface area contributed by atoms with E-state index in [1.165, 1.54) is 31.4 Å². The number of nitrogens with zero attached hydrogens (tertiary/aromatic N) is 2. The normalized spacial score (nSPS) is 21.9. The molecule has 152 valence electrons. The van der Waals surface area contributed by atoms with Crippen LogP contribution in [0.4, 0.5) is 11.4 Å². The SMILES string of the molecule is C#CCN(CC(=O)Nc1ccc(N2CCCCCC2)cc1)C1CCS(=O)(=O)C1. The van der Waals surface area contributed by atoms with E-state index in [-0.39, 0.29) is 36.5 Å². The van der Waals surface area contributed by atoms with Crippen LogP contribution < -0.4 is 10.2 Å². The van der Waals surface area contributed by atoms with Gasteiger partial charge in [0.15, 0.2) is 9.84 Å². The Balaban J connectivity index is 1.56. The highest BCUT2D eigenvalue weighted by molar-refractivity contribution is 7.91. The van der Waals surface area contributed by atoms with Crippen LogP contribution in [0.15, 0.2) is 24.3 Å². The quantitative estimate of drug-likeness (QED) is 0.737. The highest BCUT2D eigenvalue weighted by Crippen LogP contribution is 2.22. The Morgan fingerprint density at radius 2 is 1.86 bits per heavy atom. The van der Waals surface area contributed by atoms with Crippen LogP contribution in [0.25, 0.3) is 0 Å². The van der Waals surface area contributed by atoms with Crippen molar-refractivity contribution in [3.63, 3.8) is 0 Å². The fraction of sp³-hybridized carbons (Fsp3) is 0.571. The number of amides is 1. The predicted molar refractivity (Wildman–Crippen MR) is 113 cm³/mol. The molecule has 2 aliphatic heterocycles. The van der Waals surface area contributed by atoms with E-state index in [1.54, 1.807) is 4.90 Å². The minimum absolute atomic E-state index is 0.0759. The zero-order valence-electron chi connectivity index (χ0n) is 16.3. The number of carbonyl (C=O) groups is 1. The topological polar surface area (TPSA) is 69.7 Å². The maximum absolute atomic E-state index is 12.5. The van der Waals surface area contributed by atoms with Gasteiger partial charge in [0.2, 0.25) is 5.91 Å². The molecule has 2 saturated heterocycles. The van der Waals surface area contributed by atoms with Gasteiger partial charge in [-0.3, -0.25) is 9.69 Å². The van der Waals surface area contributed by atoms with E-state index in [0.29, 0.717) is 6.42 Å². The van der Waals surface area contributed by atoms with Gasteiger partial charge in [-0.25, -0.2) is 8.42 Å². The molecule has 1 aromatic carbocycles. The van der Waals surface area contributed by atoms with Gasteiger partial charge >= 0.3 is 0 Å². The summed E-state index contributed by atoms with van der Waals surface area (Å²) in [5, 5.41) is 2.90. The van der Waals surface area contributed by atoms with Gasteiger partial charge in [-0.15, -0.1) is 6.42 Å². The lowest BCUT2D eigenvalue weighted by atomic mass is 10.2. The number of terminal acetylenes is 1. The molecule has 1 amide bonds. The molecule has 0 radical (unpaired) electrons. The third-order valence-electron chi connectivity index (χ3n) is 5.49. The molecule has 1 atom stereocenters. The zero-order chi connectivity index (χ0) is 20.0. The molecule has 0 bridgehead atoms. The lowest BCUT2D eigenvalue weighted by Crippen LogP contribution is -2.41. The number of sulfone groups is 1. The molecule has 0 saturated carbocycles. The summed E-state index contributed by atoms with van der Waals surface area (Å²) in [4.78, 5) is 16.6. The van der Waals surface area contributed by atoms with E-state index in [9.17, 15) is 13.2 Å². The van der Waals surface area contributed by atoms with E-state index in [1.807, 2.05) is 24.3 Å². The molecule has 2 aliphatic rings. The van der Waals surface area contributed by atoms with E-state index in [2.05, 4.69) is 16.1 Å². The van der Waals surface area contributed by atoms with Crippen LogP contribution in [0, 0.1) is 12.3 Å². The van der Waals surface area contributed by atoms with Crippen LogP contribution in [-0.4, -0.2) is 63.0 Å². The first-order valence-corrected chi connectivity index (χ1v) is 11.8. The zero-order valence-corrected chi connectivity index (χ0v) is 17.1. The van der Waals surface area contributed by atoms with Crippen molar-refractivity contribution in [1.82, 2.24) is 4.90 Å². The Hall–Kier alpha value is -2.04. The molecule has 0 aromatic heterocycles. The summed E-state index contributed by atoms with van der Waals surface area (Å²) in [6.07, 6.45) is 11.0. The minimum Gasteiger partial charge on any atom is -0.372 e. The van der Waals surface area contributed by atoms with Gasteiger partial charge in [0.05, 0.1) is 24.6 Å². The third-order valence-corrected chi connectivity index (χ3v) is 7.24. The van der Waals surface area contributed by atoms with Crippen LogP contribution in [0.3, 0.4) is 0 Å². The lowest BCUT2D eigenvalue weighted by molar-refractivity contribution is -0.117. The predicted octanol–water partition coefficient (Wildman–Crippen LogP) is 2.13. The maximum atomic E-state index is 12.5. The number of carbonyl (C=O) groups excluding carboxylic acids is 1. The second-order valence-corrected chi connectivity index (χ2v) is 9.89. The molecular weight excluding hydrogens is 374 g/mol. The fourth-order valence-electron chi connectivity index (χ4n) is 3.96. The van der Waals surface area contributed by atoms with E-state index in [0.717, 1.165) is 18.8 Å². The molecule has 2 fully saturated rings. The Morgan fingerprint density at radius 3 is 2.43 bits per heavy atom. The molecule has 0 aliphatic carbocycles. The van der Waals surface area contributed by atoms with Gasteiger partial charge in [-0.2, -0.15) is 0 Å². The summed E-state index contributed by atoms with van der Waals surface area (Å²) in [6, 6.07) is 7.75. The van der Waals surface area contributed by atoms with Crippen molar-refractivity contribution in [2.24, 2.45) is 0 Å². The molecular formula is C21H29N3O3S. The molecule has 7 heteroatoms. The third kappa shape index (κ3) is 5.73. The Bertz CT molecular complexity index is 806. The summed E-state index contributed by atoms with van der Waals surface area (Å²) in [5.41, 5.74) is 1.92. The number of hydrogen-bond acceptors (Lipinski definition) is 5. The van der Waals surface area contributed by atoms with Crippen LogP contribution in [-0.2, 0) is 14.6 Å². The second-order valence-electron chi connectivity index (χ2n) is 7.66. The molecule has 28 heavy (non-hydrogen) atoms. The van der Waals surface area contributed by atoms with Gasteiger partial charge in [0.25, 0.3) is 0 Å². The number of rotatable bonds is 6. The van der Waals surface area contributed by atoms with Crippen molar-refractivity contribution in [3.8, 4) is 12.3 Å². The van der Waals surface area contributed by atoms with Crippen molar-refractivity contribution in [2.75, 3.05) is 47.9 Å². The molecule has 1 N–H and O–H groups in total. The van der Waals surface area contributed by atoms with E-state index < -0.39 is 9.84 Å². The van der Waals surface area contributed by atoms with Crippen molar-refractivity contribution in [3.05, 3.63) is 24.3 Å². The highest BCUT2D eigenvalue weighted by Gasteiger charge is 2.32. The first-order valence-electron chi connectivity index (χ1n) is 10.00. The number of anilines is 2. The van der Waals surface area contributed by atoms with Crippen LogP contribution in [0.2, 0.25) is 0 Å². The van der Waals surface area contributed by atoms with Gasteiger partial charge in [-0.05, 0) is 43.5 Å². The summed E-state index contributed by atoms with van der Waals surface area (Å²) < 4.78 is 23.5. The maximum Gasteiger partial charge on any atom is 0.238 e. The Morgan fingerprint density at radius 1 is 1.18 bits per heavy atom. The fourth-order valence-corrected chi connectivity index (χ4v) is 5.73. The summed E-state index contributed by atoms with van der Waals surface area (Å²) in [5.74, 6) is 2.60. The first-order chi connectivity index (χ1) is 13.5. The van der Waals surface area contributed by atoms with Crippen LogP contribution in [0.1, 0.15) is 32.1 Å². The average molecular weight is 404 g/mol. The molecule has 2 heterocycles. The van der Waals surface area contributed by atoms with Crippen LogP contribution >= 0.6 is 0 Å². The molecule has 0 spiro atoms. The number of nitrogens with one attached hydrogen (secondary N) is 1. The van der Waals surface area contributed by atoms with E-state index in [4.69, 9.17) is 6.42 Å². The Kier molecular flexibility index (Phi) is 6.97. The first kappa shape index (κ1) is 20.7. The van der Waals surface area contributed by atoms with Crippen molar-refractivity contribution >= 4 is 27.1 Å². The Labute approximate surface area is 168 Å². The standard InChI is InChI=1S/C21H29N3O3S/c1-2-12-24(20-11-15-28(26,27)17-20)16-21(25)22-18-7-9-19(10-8-18)23-13-5-3-4-6-14-23/h1,7-10,20H,3-6,11-17H2,(H,22,25). The second kappa shape index (κ2) is 9.44. The smallest absolute Gasteiger partial charge is 0.238 e. The monoisotopic (exact) mass is 403 g/mol. The molecule has 3 rings (SSSR count). The van der Waals surface area contributed by atoms with Gasteiger partial charge in [-0.1, -0.05) is 18.8 Å². The molecule has 1 unspecified atom stereocenters. The molecule has 1 aromatic rings. The van der Waals surface area contributed by atoms with Gasteiger partial charge < -0.3 is 10.2 Å². The van der Waals surface area contributed by atoms with Gasteiger partial charge in [0, 0.05) is 30.5 Å². The minimum atomic E-state index is -3.02. The molecule has 6 nitrogen and oxygen atoms in total. The van der Waals surface area contributed by atoms with Crippen molar-refractivity contribution in [2.45, 2.75) is 38.1 Å². The van der Waals surface area contributed by atoms with E-state index >= 15 is 0 Å². The average Bonchev–Trinajstić information content (AvgIpc) is 2.85. The largest absolute Gasteiger partial charge is 0.372 e. The highest BCUT2D eigenvalue weighted by atomic mass is 32.2. The number of benzene rings is 1. The van der Waals surface area contributed by atoms with Crippen molar-refractivity contribution < 1.29 is 13.2 Å².